The first-order valence-corrected chi connectivity index (χ1v) is 6.94. The maximum atomic E-state index is 5.94. The van der Waals surface area contributed by atoms with Gasteiger partial charge in [0.25, 0.3) is 0 Å². The molecule has 108 valence electrons. The van der Waals surface area contributed by atoms with Gasteiger partial charge in [-0.05, 0) is 38.1 Å². The highest BCUT2D eigenvalue weighted by Gasteiger charge is 2.17. The molecule has 1 heterocycles. The molecule has 0 saturated heterocycles. The quantitative estimate of drug-likeness (QED) is 0.884. The van der Waals surface area contributed by atoms with Crippen LogP contribution in [0.25, 0.3) is 11.4 Å². The molecule has 0 aliphatic carbocycles. The van der Waals surface area contributed by atoms with Crippen LogP contribution in [0, 0.1) is 0 Å². The summed E-state index contributed by atoms with van der Waals surface area (Å²) in [6.45, 7) is 5.01. The highest BCUT2D eigenvalue weighted by molar-refractivity contribution is 6.30. The third kappa shape index (κ3) is 3.29. The van der Waals surface area contributed by atoms with E-state index in [0.717, 1.165) is 18.5 Å². The van der Waals surface area contributed by atoms with Crippen molar-refractivity contribution in [1.82, 2.24) is 15.5 Å². The molecule has 1 aromatic heterocycles. The number of methoxy groups -OCH3 is 1. The predicted molar refractivity (Wildman–Crippen MR) is 78.0 cm³/mol. The summed E-state index contributed by atoms with van der Waals surface area (Å²) in [6, 6.07) is 5.34. The number of rotatable bonds is 6. The van der Waals surface area contributed by atoms with Crippen molar-refractivity contribution in [3.05, 3.63) is 29.1 Å². The molecule has 0 amide bonds. The minimum atomic E-state index is 0.0227. The van der Waals surface area contributed by atoms with Crippen LogP contribution in [-0.2, 0) is 0 Å². The highest BCUT2D eigenvalue weighted by atomic mass is 35.5. The maximum Gasteiger partial charge on any atom is 0.243 e. The summed E-state index contributed by atoms with van der Waals surface area (Å²) in [5.41, 5.74) is 0.759. The molecule has 0 saturated carbocycles. The summed E-state index contributed by atoms with van der Waals surface area (Å²) in [5, 5.41) is 7.91. The smallest absolute Gasteiger partial charge is 0.243 e. The van der Waals surface area contributed by atoms with E-state index in [1.807, 2.05) is 13.0 Å². The summed E-state index contributed by atoms with van der Waals surface area (Å²) in [6.07, 6.45) is 1.05. The first-order chi connectivity index (χ1) is 9.65. The topological polar surface area (TPSA) is 60.2 Å². The molecule has 2 rings (SSSR count). The van der Waals surface area contributed by atoms with Crippen LogP contribution in [0.1, 0.15) is 32.2 Å². The van der Waals surface area contributed by atoms with Crippen LogP contribution in [0.3, 0.4) is 0 Å². The fraction of sp³-hybridized carbons (Fsp3) is 0.429. The molecule has 2 aromatic rings. The lowest BCUT2D eigenvalue weighted by Crippen LogP contribution is -2.19. The van der Waals surface area contributed by atoms with Gasteiger partial charge in [-0.15, -0.1) is 0 Å². The van der Waals surface area contributed by atoms with Crippen molar-refractivity contribution in [2.24, 2.45) is 0 Å². The molecule has 6 heteroatoms. The highest BCUT2D eigenvalue weighted by Crippen LogP contribution is 2.31. The molecule has 0 aliphatic heterocycles. The Bertz CT molecular complexity index is 571. The van der Waals surface area contributed by atoms with Gasteiger partial charge < -0.3 is 14.6 Å². The van der Waals surface area contributed by atoms with E-state index in [0.29, 0.717) is 22.5 Å². The average molecular weight is 296 g/mol. The standard InChI is InChI=1S/C14H18ClN3O2/c1-4-7-16-9(2)14-17-13(18-20-14)11-6-5-10(15)8-12(11)19-3/h5-6,8-9,16H,4,7H2,1-3H3. The number of nitrogens with zero attached hydrogens (tertiary/aromatic N) is 2. The van der Waals surface area contributed by atoms with Crippen LogP contribution in [0.4, 0.5) is 0 Å². The zero-order chi connectivity index (χ0) is 14.5. The first-order valence-electron chi connectivity index (χ1n) is 6.56. The Morgan fingerprint density at radius 3 is 2.95 bits per heavy atom. The molecule has 0 radical (unpaired) electrons. The average Bonchev–Trinajstić information content (AvgIpc) is 2.94. The lowest BCUT2D eigenvalue weighted by Gasteiger charge is -2.07. The fourth-order valence-corrected chi connectivity index (χ4v) is 1.98. The van der Waals surface area contributed by atoms with Gasteiger partial charge in [-0.1, -0.05) is 23.7 Å². The zero-order valence-corrected chi connectivity index (χ0v) is 12.6. The third-order valence-corrected chi connectivity index (χ3v) is 3.15. The van der Waals surface area contributed by atoms with E-state index in [1.54, 1.807) is 19.2 Å². The van der Waals surface area contributed by atoms with Crippen molar-refractivity contribution < 1.29 is 9.26 Å². The Labute approximate surface area is 123 Å². The predicted octanol–water partition coefficient (Wildman–Crippen LogP) is 3.46. The monoisotopic (exact) mass is 295 g/mol. The van der Waals surface area contributed by atoms with Gasteiger partial charge in [-0.3, -0.25) is 0 Å². The summed E-state index contributed by atoms with van der Waals surface area (Å²) < 4.78 is 10.6. The van der Waals surface area contributed by atoms with Crippen LogP contribution in [0.2, 0.25) is 5.02 Å². The third-order valence-electron chi connectivity index (χ3n) is 2.92. The number of hydrogen-bond donors (Lipinski definition) is 1. The Morgan fingerprint density at radius 1 is 1.45 bits per heavy atom. The van der Waals surface area contributed by atoms with Crippen LogP contribution >= 0.6 is 11.6 Å². The lowest BCUT2D eigenvalue weighted by molar-refractivity contribution is 0.340. The molecule has 0 bridgehead atoms. The van der Waals surface area contributed by atoms with Gasteiger partial charge in [0.05, 0.1) is 18.7 Å². The number of ether oxygens (including phenoxy) is 1. The normalized spacial score (nSPS) is 12.4. The fourth-order valence-electron chi connectivity index (χ4n) is 1.82. The van der Waals surface area contributed by atoms with Crippen molar-refractivity contribution in [2.45, 2.75) is 26.3 Å². The molecule has 0 spiro atoms. The SMILES string of the molecule is CCCNC(C)c1nc(-c2ccc(Cl)cc2OC)no1. The Balaban J connectivity index is 2.24. The van der Waals surface area contributed by atoms with Crippen LogP contribution in [0.15, 0.2) is 22.7 Å². The molecule has 1 N–H and O–H groups in total. The molecule has 20 heavy (non-hydrogen) atoms. The molecule has 1 atom stereocenters. The number of benzene rings is 1. The maximum absolute atomic E-state index is 5.94. The number of hydrogen-bond acceptors (Lipinski definition) is 5. The second-order valence-electron chi connectivity index (χ2n) is 4.48. The van der Waals surface area contributed by atoms with Crippen LogP contribution in [0.5, 0.6) is 5.75 Å². The minimum absolute atomic E-state index is 0.0227. The van der Waals surface area contributed by atoms with Crippen molar-refractivity contribution in [1.29, 1.82) is 0 Å². The molecule has 1 aromatic carbocycles. The Kier molecular flexibility index (Phi) is 4.98. The van der Waals surface area contributed by atoms with Gasteiger partial charge in [0.1, 0.15) is 5.75 Å². The molecule has 1 unspecified atom stereocenters. The van der Waals surface area contributed by atoms with Crippen molar-refractivity contribution in [3.8, 4) is 17.1 Å². The van der Waals surface area contributed by atoms with Gasteiger partial charge in [-0.2, -0.15) is 4.98 Å². The summed E-state index contributed by atoms with van der Waals surface area (Å²) >= 11 is 5.94. The van der Waals surface area contributed by atoms with Crippen molar-refractivity contribution in [2.75, 3.05) is 13.7 Å². The lowest BCUT2D eigenvalue weighted by atomic mass is 10.2. The Hall–Kier alpha value is -1.59. The van der Waals surface area contributed by atoms with Crippen LogP contribution < -0.4 is 10.1 Å². The zero-order valence-electron chi connectivity index (χ0n) is 11.8. The number of halogens is 1. The van der Waals surface area contributed by atoms with Crippen molar-refractivity contribution >= 4 is 11.6 Å². The van der Waals surface area contributed by atoms with Gasteiger partial charge in [0, 0.05) is 5.02 Å². The van der Waals surface area contributed by atoms with E-state index in [4.69, 9.17) is 20.9 Å². The van der Waals surface area contributed by atoms with E-state index in [2.05, 4.69) is 22.4 Å². The second-order valence-corrected chi connectivity index (χ2v) is 4.91. The minimum Gasteiger partial charge on any atom is -0.496 e. The molecular formula is C14H18ClN3O2. The van der Waals surface area contributed by atoms with E-state index in [9.17, 15) is 0 Å². The molecule has 0 aliphatic rings. The first kappa shape index (κ1) is 14.8. The molecule has 0 fully saturated rings. The van der Waals surface area contributed by atoms with E-state index >= 15 is 0 Å². The van der Waals surface area contributed by atoms with E-state index in [1.165, 1.54) is 0 Å². The summed E-state index contributed by atoms with van der Waals surface area (Å²) in [7, 11) is 1.58. The molecular weight excluding hydrogens is 278 g/mol. The van der Waals surface area contributed by atoms with Gasteiger partial charge in [0.2, 0.25) is 11.7 Å². The summed E-state index contributed by atoms with van der Waals surface area (Å²) in [5.74, 6) is 1.68. The van der Waals surface area contributed by atoms with Crippen LogP contribution in [-0.4, -0.2) is 23.8 Å². The Morgan fingerprint density at radius 2 is 2.25 bits per heavy atom. The number of nitrogens with one attached hydrogen (secondary N) is 1. The van der Waals surface area contributed by atoms with Gasteiger partial charge in [0.15, 0.2) is 0 Å². The number of aromatic nitrogens is 2. The largest absolute Gasteiger partial charge is 0.496 e. The second kappa shape index (κ2) is 6.72. The molecule has 5 nitrogen and oxygen atoms in total. The van der Waals surface area contributed by atoms with Gasteiger partial charge in [-0.25, -0.2) is 0 Å². The van der Waals surface area contributed by atoms with Crippen molar-refractivity contribution in [3.63, 3.8) is 0 Å². The van der Waals surface area contributed by atoms with Gasteiger partial charge >= 0.3 is 0 Å². The van der Waals surface area contributed by atoms with E-state index in [-0.39, 0.29) is 6.04 Å². The van der Waals surface area contributed by atoms with E-state index < -0.39 is 0 Å². The summed E-state index contributed by atoms with van der Waals surface area (Å²) in [4.78, 5) is 4.41.